The summed E-state index contributed by atoms with van der Waals surface area (Å²) in [6.45, 7) is 5.34. The van der Waals surface area contributed by atoms with Gasteiger partial charge < -0.3 is 15.0 Å². The number of hydrogen-bond donors (Lipinski definition) is 1. The van der Waals surface area contributed by atoms with Crippen molar-refractivity contribution in [2.24, 2.45) is 0 Å². The van der Waals surface area contributed by atoms with Crippen molar-refractivity contribution in [3.63, 3.8) is 0 Å². The molecule has 1 aliphatic rings. The quantitative estimate of drug-likeness (QED) is 0.538. The van der Waals surface area contributed by atoms with Gasteiger partial charge in [0.2, 0.25) is 5.95 Å². The fourth-order valence-electron chi connectivity index (χ4n) is 3.31. The van der Waals surface area contributed by atoms with Crippen molar-refractivity contribution in [1.29, 1.82) is 0 Å². The number of aryl methyl sites for hydroxylation is 1. The van der Waals surface area contributed by atoms with Gasteiger partial charge in [0.05, 0.1) is 13.1 Å². The molecule has 4 rings (SSSR count). The summed E-state index contributed by atoms with van der Waals surface area (Å²) in [6.07, 6.45) is 2.31. The lowest BCUT2D eigenvalue weighted by Crippen LogP contribution is -2.54. The SMILES string of the molecule is CCC(=O)c1cccc(Nc2nccc(N3CC(Oc4ccc(Cl)cc4C)C3)n2)c1. The Labute approximate surface area is 180 Å². The third-order valence-corrected chi connectivity index (χ3v) is 5.24. The lowest BCUT2D eigenvalue weighted by Gasteiger charge is -2.40. The van der Waals surface area contributed by atoms with Crippen LogP contribution >= 0.6 is 11.6 Å². The second-order valence-electron chi connectivity index (χ2n) is 7.28. The number of anilines is 3. The number of ketones is 1. The highest BCUT2D eigenvalue weighted by atomic mass is 35.5. The van der Waals surface area contributed by atoms with Gasteiger partial charge in [-0.3, -0.25) is 4.79 Å². The van der Waals surface area contributed by atoms with E-state index in [0.29, 0.717) is 23.0 Å². The maximum absolute atomic E-state index is 11.9. The first-order chi connectivity index (χ1) is 14.5. The molecule has 2 aromatic carbocycles. The summed E-state index contributed by atoms with van der Waals surface area (Å²) in [5.41, 5.74) is 2.49. The van der Waals surface area contributed by atoms with Crippen molar-refractivity contribution in [2.45, 2.75) is 26.4 Å². The average molecular weight is 423 g/mol. The minimum Gasteiger partial charge on any atom is -0.486 e. The highest BCUT2D eigenvalue weighted by Gasteiger charge is 2.30. The Balaban J connectivity index is 1.38. The maximum Gasteiger partial charge on any atom is 0.229 e. The number of nitrogens with zero attached hydrogens (tertiary/aromatic N) is 3. The van der Waals surface area contributed by atoms with E-state index in [1.54, 1.807) is 6.20 Å². The number of aromatic nitrogens is 2. The van der Waals surface area contributed by atoms with E-state index in [1.165, 1.54) is 0 Å². The number of nitrogens with one attached hydrogen (secondary N) is 1. The molecule has 0 radical (unpaired) electrons. The molecule has 2 heterocycles. The number of benzene rings is 2. The van der Waals surface area contributed by atoms with Gasteiger partial charge in [-0.2, -0.15) is 4.98 Å². The van der Waals surface area contributed by atoms with Crippen molar-refractivity contribution in [1.82, 2.24) is 9.97 Å². The van der Waals surface area contributed by atoms with E-state index in [0.717, 1.165) is 35.9 Å². The van der Waals surface area contributed by atoms with Crippen LogP contribution in [0.25, 0.3) is 0 Å². The van der Waals surface area contributed by atoms with Crippen LogP contribution < -0.4 is 15.0 Å². The predicted molar refractivity (Wildman–Crippen MR) is 119 cm³/mol. The summed E-state index contributed by atoms with van der Waals surface area (Å²) < 4.78 is 6.07. The Bertz CT molecular complexity index is 1070. The molecule has 7 heteroatoms. The summed E-state index contributed by atoms with van der Waals surface area (Å²) in [5.74, 6) is 2.29. The van der Waals surface area contributed by atoms with Crippen LogP contribution in [0.15, 0.2) is 54.7 Å². The molecule has 0 atom stereocenters. The summed E-state index contributed by atoms with van der Waals surface area (Å²) in [7, 11) is 0. The zero-order valence-corrected chi connectivity index (χ0v) is 17.7. The van der Waals surface area contributed by atoms with E-state index in [2.05, 4.69) is 20.2 Å². The van der Waals surface area contributed by atoms with Crippen molar-refractivity contribution < 1.29 is 9.53 Å². The standard InChI is InChI=1S/C23H23ClN4O2/c1-3-20(29)16-5-4-6-18(12-16)26-23-25-10-9-22(27-23)28-13-19(14-28)30-21-8-7-17(24)11-15(21)2/h4-12,19H,3,13-14H2,1-2H3,(H,25,26,27). The highest BCUT2D eigenvalue weighted by molar-refractivity contribution is 6.30. The second-order valence-corrected chi connectivity index (χ2v) is 7.71. The summed E-state index contributed by atoms with van der Waals surface area (Å²) in [4.78, 5) is 23.0. The molecule has 3 aromatic rings. The number of ether oxygens (including phenoxy) is 1. The fourth-order valence-corrected chi connectivity index (χ4v) is 3.54. The van der Waals surface area contributed by atoms with Crippen LogP contribution in [0.5, 0.6) is 5.75 Å². The summed E-state index contributed by atoms with van der Waals surface area (Å²) in [5, 5.41) is 3.89. The number of carbonyl (C=O) groups is 1. The van der Waals surface area contributed by atoms with Crippen LogP contribution in [0.2, 0.25) is 5.02 Å². The molecule has 154 valence electrons. The van der Waals surface area contributed by atoms with Crippen LogP contribution in [0.1, 0.15) is 29.3 Å². The predicted octanol–water partition coefficient (Wildman–Crippen LogP) is 5.04. The molecule has 0 bridgehead atoms. The van der Waals surface area contributed by atoms with Gasteiger partial charge in [0.1, 0.15) is 17.7 Å². The Morgan fingerprint density at radius 1 is 1.23 bits per heavy atom. The third kappa shape index (κ3) is 4.54. The lowest BCUT2D eigenvalue weighted by molar-refractivity contribution is 0.0988. The molecule has 0 unspecified atom stereocenters. The van der Waals surface area contributed by atoms with E-state index < -0.39 is 0 Å². The molecule has 1 aliphatic heterocycles. The zero-order valence-electron chi connectivity index (χ0n) is 16.9. The Kier molecular flexibility index (Phi) is 5.86. The van der Waals surface area contributed by atoms with E-state index in [9.17, 15) is 4.79 Å². The summed E-state index contributed by atoms with van der Waals surface area (Å²) >= 11 is 6.01. The molecule has 1 fully saturated rings. The second kappa shape index (κ2) is 8.71. The highest BCUT2D eigenvalue weighted by Crippen LogP contribution is 2.27. The molecule has 0 aliphatic carbocycles. The molecular weight excluding hydrogens is 400 g/mol. The topological polar surface area (TPSA) is 67.4 Å². The van der Waals surface area contributed by atoms with E-state index in [4.69, 9.17) is 16.3 Å². The molecule has 0 saturated carbocycles. The molecule has 1 N–H and O–H groups in total. The normalized spacial score (nSPS) is 13.6. The van der Waals surface area contributed by atoms with Gasteiger partial charge in [-0.15, -0.1) is 0 Å². The lowest BCUT2D eigenvalue weighted by atomic mass is 10.1. The molecule has 1 aromatic heterocycles. The van der Waals surface area contributed by atoms with Gasteiger partial charge >= 0.3 is 0 Å². The number of Topliss-reactive ketones (excluding diaryl/α,β-unsaturated/α-hetero) is 1. The van der Waals surface area contributed by atoms with Crippen LogP contribution in [-0.4, -0.2) is 34.9 Å². The van der Waals surface area contributed by atoms with E-state index >= 15 is 0 Å². The number of carbonyl (C=O) groups excluding carboxylic acids is 1. The number of halogens is 1. The van der Waals surface area contributed by atoms with Gasteiger partial charge in [0.25, 0.3) is 0 Å². The van der Waals surface area contributed by atoms with E-state index in [-0.39, 0.29) is 11.9 Å². The maximum atomic E-state index is 11.9. The van der Waals surface area contributed by atoms with E-state index in [1.807, 2.05) is 62.4 Å². The number of rotatable bonds is 7. The Morgan fingerprint density at radius 3 is 2.83 bits per heavy atom. The van der Waals surface area contributed by atoms with Crippen LogP contribution in [-0.2, 0) is 0 Å². The molecule has 6 nitrogen and oxygen atoms in total. The Hall–Kier alpha value is -3.12. The third-order valence-electron chi connectivity index (χ3n) is 5.01. The van der Waals surface area contributed by atoms with Gasteiger partial charge in [-0.25, -0.2) is 4.98 Å². The molecule has 1 saturated heterocycles. The molecule has 0 spiro atoms. The first-order valence-electron chi connectivity index (χ1n) is 9.93. The minimum absolute atomic E-state index is 0.105. The van der Waals surface area contributed by atoms with Crippen LogP contribution in [0, 0.1) is 6.92 Å². The average Bonchev–Trinajstić information content (AvgIpc) is 2.71. The van der Waals surface area contributed by atoms with Crippen LogP contribution in [0.3, 0.4) is 0 Å². The molecule has 0 amide bonds. The van der Waals surface area contributed by atoms with Crippen molar-refractivity contribution in [3.05, 3.63) is 70.9 Å². The Morgan fingerprint density at radius 2 is 2.07 bits per heavy atom. The fraction of sp³-hybridized carbons (Fsp3) is 0.261. The first-order valence-corrected chi connectivity index (χ1v) is 10.3. The van der Waals surface area contributed by atoms with Crippen molar-refractivity contribution >= 4 is 34.8 Å². The molecular formula is C23H23ClN4O2. The van der Waals surface area contributed by atoms with Crippen molar-refractivity contribution in [2.75, 3.05) is 23.3 Å². The van der Waals surface area contributed by atoms with Gasteiger partial charge in [0.15, 0.2) is 5.78 Å². The smallest absolute Gasteiger partial charge is 0.229 e. The number of hydrogen-bond acceptors (Lipinski definition) is 6. The largest absolute Gasteiger partial charge is 0.486 e. The van der Waals surface area contributed by atoms with Crippen LogP contribution in [0.4, 0.5) is 17.5 Å². The zero-order chi connectivity index (χ0) is 21.1. The molecule has 30 heavy (non-hydrogen) atoms. The summed E-state index contributed by atoms with van der Waals surface area (Å²) in [6, 6.07) is 14.9. The van der Waals surface area contributed by atoms with Gasteiger partial charge in [-0.05, 0) is 48.9 Å². The van der Waals surface area contributed by atoms with Gasteiger partial charge in [0, 0.05) is 28.9 Å². The first kappa shape index (κ1) is 20.2. The van der Waals surface area contributed by atoms with Gasteiger partial charge in [-0.1, -0.05) is 30.7 Å². The monoisotopic (exact) mass is 422 g/mol. The van der Waals surface area contributed by atoms with Crippen molar-refractivity contribution in [3.8, 4) is 5.75 Å². The minimum atomic E-state index is 0.105.